The average Bonchev–Trinajstić information content (AvgIpc) is 2.87. The molecule has 1 aliphatic rings. The number of hydrogen-bond acceptors (Lipinski definition) is 3. The minimum atomic E-state index is 0.489. The molecule has 0 amide bonds. The van der Waals surface area contributed by atoms with Crippen LogP contribution in [0.4, 0.5) is 11.4 Å². The summed E-state index contributed by atoms with van der Waals surface area (Å²) in [6.07, 6.45) is 6.30. The van der Waals surface area contributed by atoms with E-state index in [1.165, 1.54) is 11.1 Å². The van der Waals surface area contributed by atoms with E-state index in [9.17, 15) is 0 Å². The molecule has 19 heavy (non-hydrogen) atoms. The Labute approximate surface area is 117 Å². The SMILES string of the molecule is Nc1cnc(Cl)cc1CCc1ccc2c(c1)N=CC2. The highest BCUT2D eigenvalue weighted by atomic mass is 35.5. The summed E-state index contributed by atoms with van der Waals surface area (Å²) in [5.74, 6) is 0. The molecule has 0 fully saturated rings. The predicted molar refractivity (Wildman–Crippen MR) is 79.4 cm³/mol. The van der Waals surface area contributed by atoms with Crippen LogP contribution in [-0.4, -0.2) is 11.2 Å². The quantitative estimate of drug-likeness (QED) is 0.870. The molecular formula is C15H14ClN3. The first-order valence-corrected chi connectivity index (χ1v) is 6.64. The fraction of sp³-hybridized carbons (Fsp3) is 0.200. The smallest absolute Gasteiger partial charge is 0.129 e. The molecule has 0 unspecified atom stereocenters. The van der Waals surface area contributed by atoms with Crippen molar-refractivity contribution in [3.63, 3.8) is 0 Å². The Hall–Kier alpha value is -1.87. The standard InChI is InChI=1S/C15H14ClN3/c16-15-8-12(13(17)9-19-15)4-2-10-1-3-11-5-6-18-14(11)7-10/h1,3,6-9H,2,4-5,17H2. The zero-order valence-corrected chi connectivity index (χ0v) is 11.2. The Morgan fingerprint density at radius 1 is 1.21 bits per heavy atom. The van der Waals surface area contributed by atoms with Gasteiger partial charge in [-0.15, -0.1) is 0 Å². The van der Waals surface area contributed by atoms with Crippen LogP contribution in [0.5, 0.6) is 0 Å². The Morgan fingerprint density at radius 2 is 2.11 bits per heavy atom. The van der Waals surface area contributed by atoms with E-state index >= 15 is 0 Å². The maximum Gasteiger partial charge on any atom is 0.129 e. The molecule has 0 spiro atoms. The molecule has 96 valence electrons. The van der Waals surface area contributed by atoms with Gasteiger partial charge in [0.15, 0.2) is 0 Å². The van der Waals surface area contributed by atoms with Gasteiger partial charge >= 0.3 is 0 Å². The van der Waals surface area contributed by atoms with Gasteiger partial charge in [-0.05, 0) is 41.7 Å². The fourth-order valence-corrected chi connectivity index (χ4v) is 2.45. The number of anilines is 1. The molecule has 0 aliphatic carbocycles. The highest BCUT2D eigenvalue weighted by molar-refractivity contribution is 6.29. The van der Waals surface area contributed by atoms with Crippen molar-refractivity contribution in [3.05, 3.63) is 52.3 Å². The number of fused-ring (bicyclic) bond motifs is 1. The normalized spacial score (nSPS) is 12.7. The van der Waals surface area contributed by atoms with Gasteiger partial charge in [0, 0.05) is 12.6 Å². The van der Waals surface area contributed by atoms with Gasteiger partial charge in [0.1, 0.15) is 5.15 Å². The lowest BCUT2D eigenvalue weighted by Crippen LogP contribution is -1.98. The molecule has 4 heteroatoms. The average molecular weight is 272 g/mol. The minimum Gasteiger partial charge on any atom is -0.397 e. The largest absolute Gasteiger partial charge is 0.397 e. The third-order valence-corrected chi connectivity index (χ3v) is 3.57. The Kier molecular flexibility index (Phi) is 3.22. The van der Waals surface area contributed by atoms with Crippen LogP contribution in [0.25, 0.3) is 0 Å². The van der Waals surface area contributed by atoms with Crippen LogP contribution >= 0.6 is 11.6 Å². The Morgan fingerprint density at radius 3 is 3.00 bits per heavy atom. The highest BCUT2D eigenvalue weighted by Crippen LogP contribution is 2.26. The van der Waals surface area contributed by atoms with E-state index in [2.05, 4.69) is 28.2 Å². The summed E-state index contributed by atoms with van der Waals surface area (Å²) >= 11 is 5.89. The molecule has 2 heterocycles. The lowest BCUT2D eigenvalue weighted by Gasteiger charge is -2.07. The summed E-state index contributed by atoms with van der Waals surface area (Å²) in [5, 5.41) is 0.489. The summed E-state index contributed by atoms with van der Waals surface area (Å²) < 4.78 is 0. The molecule has 1 aromatic heterocycles. The van der Waals surface area contributed by atoms with Gasteiger partial charge in [-0.1, -0.05) is 23.7 Å². The van der Waals surface area contributed by atoms with Gasteiger partial charge in [-0.3, -0.25) is 4.99 Å². The summed E-state index contributed by atoms with van der Waals surface area (Å²) in [4.78, 5) is 8.33. The van der Waals surface area contributed by atoms with E-state index < -0.39 is 0 Å². The number of benzene rings is 1. The molecule has 2 aromatic rings. The van der Waals surface area contributed by atoms with E-state index in [-0.39, 0.29) is 0 Å². The molecule has 2 N–H and O–H groups in total. The first kappa shape index (κ1) is 12.2. The second-order valence-electron chi connectivity index (χ2n) is 4.68. The first-order chi connectivity index (χ1) is 9.22. The van der Waals surface area contributed by atoms with Crippen LogP contribution in [0.3, 0.4) is 0 Å². The monoisotopic (exact) mass is 271 g/mol. The zero-order chi connectivity index (χ0) is 13.2. The molecule has 1 aliphatic heterocycles. The topological polar surface area (TPSA) is 51.3 Å². The van der Waals surface area contributed by atoms with E-state index in [4.69, 9.17) is 17.3 Å². The van der Waals surface area contributed by atoms with Crippen LogP contribution in [-0.2, 0) is 19.3 Å². The van der Waals surface area contributed by atoms with Crippen LogP contribution in [0.1, 0.15) is 16.7 Å². The van der Waals surface area contributed by atoms with Crippen molar-refractivity contribution in [1.82, 2.24) is 4.98 Å². The number of nitrogens with two attached hydrogens (primary N) is 1. The Balaban J connectivity index is 1.75. The van der Waals surface area contributed by atoms with E-state index in [0.29, 0.717) is 10.8 Å². The molecule has 0 saturated heterocycles. The summed E-state index contributed by atoms with van der Waals surface area (Å²) in [5.41, 5.74) is 11.3. The molecule has 0 saturated carbocycles. The summed E-state index contributed by atoms with van der Waals surface area (Å²) in [6, 6.07) is 8.30. The molecule has 3 rings (SSSR count). The molecular weight excluding hydrogens is 258 g/mol. The predicted octanol–water partition coefficient (Wildman–Crippen LogP) is 3.36. The number of aliphatic imine (C=N–C) groups is 1. The third-order valence-electron chi connectivity index (χ3n) is 3.37. The Bertz CT molecular complexity index is 650. The molecule has 0 atom stereocenters. The van der Waals surface area contributed by atoms with Crippen LogP contribution in [0, 0.1) is 0 Å². The second kappa shape index (κ2) is 5.02. The van der Waals surface area contributed by atoms with Gasteiger partial charge in [-0.2, -0.15) is 0 Å². The molecule has 0 radical (unpaired) electrons. The van der Waals surface area contributed by atoms with E-state index in [1.807, 2.05) is 12.3 Å². The lowest BCUT2D eigenvalue weighted by atomic mass is 10.0. The summed E-state index contributed by atoms with van der Waals surface area (Å²) in [7, 11) is 0. The molecule has 3 nitrogen and oxygen atoms in total. The van der Waals surface area contributed by atoms with Crippen LogP contribution in [0.2, 0.25) is 5.15 Å². The number of hydrogen-bond donors (Lipinski definition) is 1. The van der Waals surface area contributed by atoms with Gasteiger partial charge < -0.3 is 5.73 Å². The fourth-order valence-electron chi connectivity index (χ4n) is 2.27. The van der Waals surface area contributed by atoms with Crippen molar-refractivity contribution in [1.29, 1.82) is 0 Å². The van der Waals surface area contributed by atoms with Crippen molar-refractivity contribution in [3.8, 4) is 0 Å². The second-order valence-corrected chi connectivity index (χ2v) is 5.07. The van der Waals surface area contributed by atoms with Gasteiger partial charge in [-0.25, -0.2) is 4.98 Å². The minimum absolute atomic E-state index is 0.489. The van der Waals surface area contributed by atoms with E-state index in [0.717, 1.165) is 30.5 Å². The van der Waals surface area contributed by atoms with Crippen molar-refractivity contribution in [2.24, 2.45) is 4.99 Å². The number of halogens is 1. The van der Waals surface area contributed by atoms with Crippen molar-refractivity contribution >= 4 is 29.2 Å². The number of aromatic nitrogens is 1. The number of nitrogen functional groups attached to an aromatic ring is 1. The van der Waals surface area contributed by atoms with Crippen molar-refractivity contribution in [2.75, 3.05) is 5.73 Å². The third kappa shape index (κ3) is 2.61. The molecule has 0 bridgehead atoms. The van der Waals surface area contributed by atoms with Gasteiger partial charge in [0.2, 0.25) is 0 Å². The lowest BCUT2D eigenvalue weighted by molar-refractivity contribution is 0.958. The molecule has 1 aromatic carbocycles. The van der Waals surface area contributed by atoms with Gasteiger partial charge in [0.05, 0.1) is 17.6 Å². The highest BCUT2D eigenvalue weighted by Gasteiger charge is 2.08. The van der Waals surface area contributed by atoms with Gasteiger partial charge in [0.25, 0.3) is 0 Å². The van der Waals surface area contributed by atoms with Crippen LogP contribution < -0.4 is 5.73 Å². The number of pyridine rings is 1. The van der Waals surface area contributed by atoms with Crippen LogP contribution in [0.15, 0.2) is 35.5 Å². The zero-order valence-electron chi connectivity index (χ0n) is 10.4. The number of rotatable bonds is 3. The van der Waals surface area contributed by atoms with Crippen molar-refractivity contribution in [2.45, 2.75) is 19.3 Å². The van der Waals surface area contributed by atoms with E-state index in [1.54, 1.807) is 6.20 Å². The number of aryl methyl sites for hydroxylation is 2. The maximum absolute atomic E-state index is 5.90. The number of nitrogens with zero attached hydrogens (tertiary/aromatic N) is 2. The summed E-state index contributed by atoms with van der Waals surface area (Å²) in [6.45, 7) is 0. The maximum atomic E-state index is 5.90. The first-order valence-electron chi connectivity index (χ1n) is 6.26. The van der Waals surface area contributed by atoms with Crippen molar-refractivity contribution < 1.29 is 0 Å².